The maximum atomic E-state index is 4.61. The lowest BCUT2D eigenvalue weighted by atomic mass is 9.74. The monoisotopic (exact) mass is 235 g/mol. The average molecular weight is 235 g/mol. The van der Waals surface area contributed by atoms with Crippen molar-refractivity contribution < 1.29 is 0 Å². The highest BCUT2D eigenvalue weighted by atomic mass is 15.1. The van der Waals surface area contributed by atoms with Crippen LogP contribution in [0.3, 0.4) is 0 Å². The summed E-state index contributed by atoms with van der Waals surface area (Å²) in [5.74, 6) is 3.54. The topological polar surface area (TPSA) is 29.9 Å². The SMILES string of the molecule is CCn1ccnc1C1CC(C)CCC1CNC. The van der Waals surface area contributed by atoms with E-state index in [1.54, 1.807) is 0 Å². The first kappa shape index (κ1) is 12.6. The molecule has 0 radical (unpaired) electrons. The third-order valence-corrected chi connectivity index (χ3v) is 4.14. The van der Waals surface area contributed by atoms with E-state index in [2.05, 4.69) is 42.0 Å². The molecule has 1 saturated carbocycles. The van der Waals surface area contributed by atoms with Crippen LogP contribution in [0.4, 0.5) is 0 Å². The average Bonchev–Trinajstić information content (AvgIpc) is 2.79. The maximum Gasteiger partial charge on any atom is 0.112 e. The third kappa shape index (κ3) is 2.71. The molecule has 1 N–H and O–H groups in total. The van der Waals surface area contributed by atoms with Crippen LogP contribution < -0.4 is 5.32 Å². The summed E-state index contributed by atoms with van der Waals surface area (Å²) < 4.78 is 2.31. The standard InChI is InChI=1S/C14H25N3/c1-4-17-8-7-16-14(17)13-9-11(2)5-6-12(13)10-15-3/h7-8,11-13,15H,4-6,9-10H2,1-3H3. The van der Waals surface area contributed by atoms with Crippen molar-refractivity contribution >= 4 is 0 Å². The Bertz CT molecular complexity index is 345. The van der Waals surface area contributed by atoms with Crippen molar-refractivity contribution in [1.82, 2.24) is 14.9 Å². The molecule has 3 nitrogen and oxygen atoms in total. The zero-order valence-corrected chi connectivity index (χ0v) is 11.3. The number of hydrogen-bond acceptors (Lipinski definition) is 2. The Kier molecular flexibility index (Phi) is 4.21. The van der Waals surface area contributed by atoms with Crippen molar-refractivity contribution in [2.75, 3.05) is 13.6 Å². The second-order valence-corrected chi connectivity index (χ2v) is 5.41. The Balaban J connectivity index is 2.19. The largest absolute Gasteiger partial charge is 0.335 e. The zero-order chi connectivity index (χ0) is 12.3. The van der Waals surface area contributed by atoms with Crippen molar-refractivity contribution in [3.63, 3.8) is 0 Å². The molecule has 0 aromatic carbocycles. The van der Waals surface area contributed by atoms with Crippen LogP contribution in [0.15, 0.2) is 12.4 Å². The van der Waals surface area contributed by atoms with Gasteiger partial charge in [0, 0.05) is 24.9 Å². The van der Waals surface area contributed by atoms with Crippen molar-refractivity contribution in [3.8, 4) is 0 Å². The molecule has 1 aliphatic rings. The molecule has 3 atom stereocenters. The number of imidazole rings is 1. The zero-order valence-electron chi connectivity index (χ0n) is 11.3. The van der Waals surface area contributed by atoms with E-state index in [9.17, 15) is 0 Å². The normalized spacial score (nSPS) is 29.5. The summed E-state index contributed by atoms with van der Waals surface area (Å²) in [6, 6.07) is 0. The van der Waals surface area contributed by atoms with Crippen LogP contribution in [0.1, 0.15) is 44.9 Å². The number of aryl methyl sites for hydroxylation is 1. The highest BCUT2D eigenvalue weighted by molar-refractivity contribution is 5.05. The minimum atomic E-state index is 0.640. The maximum absolute atomic E-state index is 4.61. The predicted octanol–water partition coefficient (Wildman–Crippen LogP) is 2.64. The quantitative estimate of drug-likeness (QED) is 0.869. The second kappa shape index (κ2) is 5.67. The van der Waals surface area contributed by atoms with Gasteiger partial charge in [0.2, 0.25) is 0 Å². The van der Waals surface area contributed by atoms with Gasteiger partial charge < -0.3 is 9.88 Å². The van der Waals surface area contributed by atoms with Gasteiger partial charge in [0.1, 0.15) is 5.82 Å². The molecule has 0 aliphatic heterocycles. The van der Waals surface area contributed by atoms with Crippen LogP contribution >= 0.6 is 0 Å². The van der Waals surface area contributed by atoms with Gasteiger partial charge in [0.15, 0.2) is 0 Å². The first-order valence-corrected chi connectivity index (χ1v) is 6.91. The van der Waals surface area contributed by atoms with Gasteiger partial charge in [-0.25, -0.2) is 4.98 Å². The van der Waals surface area contributed by atoms with E-state index in [1.807, 2.05) is 6.20 Å². The summed E-state index contributed by atoms with van der Waals surface area (Å²) in [6.45, 7) is 6.73. The molecule has 17 heavy (non-hydrogen) atoms. The van der Waals surface area contributed by atoms with Crippen LogP contribution in [0.25, 0.3) is 0 Å². The van der Waals surface area contributed by atoms with Gasteiger partial charge in [-0.05, 0) is 45.2 Å². The molecule has 1 fully saturated rings. The Morgan fingerprint density at radius 2 is 2.29 bits per heavy atom. The Morgan fingerprint density at radius 1 is 1.47 bits per heavy atom. The molecular formula is C14H25N3. The predicted molar refractivity (Wildman–Crippen MR) is 71.1 cm³/mol. The van der Waals surface area contributed by atoms with Crippen LogP contribution in [0, 0.1) is 11.8 Å². The summed E-state index contributed by atoms with van der Waals surface area (Å²) in [6.07, 6.45) is 8.07. The fourth-order valence-electron chi connectivity index (χ4n) is 3.18. The molecule has 1 aliphatic carbocycles. The van der Waals surface area contributed by atoms with E-state index in [0.29, 0.717) is 5.92 Å². The summed E-state index contributed by atoms with van der Waals surface area (Å²) in [5, 5.41) is 3.34. The highest BCUT2D eigenvalue weighted by Crippen LogP contribution is 2.39. The van der Waals surface area contributed by atoms with Gasteiger partial charge in [0.05, 0.1) is 0 Å². The fourth-order valence-corrected chi connectivity index (χ4v) is 3.18. The van der Waals surface area contributed by atoms with Gasteiger partial charge >= 0.3 is 0 Å². The van der Waals surface area contributed by atoms with Gasteiger partial charge in [-0.3, -0.25) is 0 Å². The van der Waals surface area contributed by atoms with Crippen LogP contribution in [0.2, 0.25) is 0 Å². The lowest BCUT2D eigenvalue weighted by molar-refractivity contribution is 0.234. The van der Waals surface area contributed by atoms with E-state index in [4.69, 9.17) is 0 Å². The van der Waals surface area contributed by atoms with Crippen molar-refractivity contribution in [3.05, 3.63) is 18.2 Å². The van der Waals surface area contributed by atoms with Gasteiger partial charge in [-0.15, -0.1) is 0 Å². The van der Waals surface area contributed by atoms with E-state index in [0.717, 1.165) is 24.9 Å². The second-order valence-electron chi connectivity index (χ2n) is 5.41. The molecule has 0 amide bonds. The van der Waals surface area contributed by atoms with Crippen molar-refractivity contribution in [2.45, 2.75) is 45.6 Å². The van der Waals surface area contributed by atoms with Gasteiger partial charge in [0.25, 0.3) is 0 Å². The first-order valence-electron chi connectivity index (χ1n) is 6.91. The molecule has 1 aromatic rings. The molecule has 1 aromatic heterocycles. The molecule has 96 valence electrons. The van der Waals surface area contributed by atoms with Gasteiger partial charge in [-0.1, -0.05) is 13.3 Å². The molecule has 0 spiro atoms. The number of hydrogen-bond donors (Lipinski definition) is 1. The Labute approximate surface area is 105 Å². The summed E-state index contributed by atoms with van der Waals surface area (Å²) >= 11 is 0. The third-order valence-electron chi connectivity index (χ3n) is 4.14. The summed E-state index contributed by atoms with van der Waals surface area (Å²) in [5.41, 5.74) is 0. The van der Waals surface area contributed by atoms with E-state index in [-0.39, 0.29) is 0 Å². The van der Waals surface area contributed by atoms with Crippen LogP contribution in [0.5, 0.6) is 0 Å². The fraction of sp³-hybridized carbons (Fsp3) is 0.786. The molecule has 2 rings (SSSR count). The minimum Gasteiger partial charge on any atom is -0.335 e. The van der Waals surface area contributed by atoms with Crippen LogP contribution in [-0.4, -0.2) is 23.1 Å². The lowest BCUT2D eigenvalue weighted by Crippen LogP contribution is -2.31. The number of nitrogens with one attached hydrogen (secondary N) is 1. The van der Waals surface area contributed by atoms with Gasteiger partial charge in [-0.2, -0.15) is 0 Å². The molecule has 0 saturated heterocycles. The highest BCUT2D eigenvalue weighted by Gasteiger charge is 2.31. The molecule has 3 heteroatoms. The van der Waals surface area contributed by atoms with Crippen LogP contribution in [-0.2, 0) is 6.54 Å². The minimum absolute atomic E-state index is 0.640. The molecule has 1 heterocycles. The summed E-state index contributed by atoms with van der Waals surface area (Å²) in [7, 11) is 2.06. The van der Waals surface area contributed by atoms with E-state index < -0.39 is 0 Å². The van der Waals surface area contributed by atoms with E-state index in [1.165, 1.54) is 25.1 Å². The summed E-state index contributed by atoms with van der Waals surface area (Å²) in [4.78, 5) is 4.61. The number of aromatic nitrogens is 2. The Morgan fingerprint density at radius 3 is 3.00 bits per heavy atom. The molecule has 3 unspecified atom stereocenters. The molecular weight excluding hydrogens is 210 g/mol. The smallest absolute Gasteiger partial charge is 0.112 e. The van der Waals surface area contributed by atoms with Crippen molar-refractivity contribution in [2.24, 2.45) is 11.8 Å². The lowest BCUT2D eigenvalue weighted by Gasteiger charge is -2.34. The Hall–Kier alpha value is -0.830. The van der Waals surface area contributed by atoms with E-state index >= 15 is 0 Å². The number of rotatable bonds is 4. The first-order chi connectivity index (χ1) is 8.26. The molecule has 0 bridgehead atoms. The number of nitrogens with zero attached hydrogens (tertiary/aromatic N) is 2. The van der Waals surface area contributed by atoms with Crippen molar-refractivity contribution in [1.29, 1.82) is 0 Å².